The molecule has 100 valence electrons. The molecule has 0 aliphatic carbocycles. The third-order valence-corrected chi connectivity index (χ3v) is 2.82. The Bertz CT molecular complexity index is 436. The van der Waals surface area contributed by atoms with Crippen LogP contribution < -0.4 is 5.73 Å². The summed E-state index contributed by atoms with van der Waals surface area (Å²) in [4.78, 5) is 13.6. The molecule has 1 saturated heterocycles. The van der Waals surface area contributed by atoms with Gasteiger partial charge in [0.15, 0.2) is 0 Å². The average Bonchev–Trinajstić information content (AvgIpc) is 2.82. The van der Waals surface area contributed by atoms with Crippen LogP contribution in [0.5, 0.6) is 0 Å². The quantitative estimate of drug-likeness (QED) is 0.824. The second-order valence-corrected chi connectivity index (χ2v) is 5.59. The normalized spacial score (nSPS) is 20.2. The van der Waals surface area contributed by atoms with Crippen molar-refractivity contribution in [3.8, 4) is 0 Å². The lowest BCUT2D eigenvalue weighted by Crippen LogP contribution is -2.35. The molecule has 2 heterocycles. The highest BCUT2D eigenvalue weighted by molar-refractivity contribution is 5.68. The van der Waals surface area contributed by atoms with Crippen LogP contribution in [-0.2, 0) is 4.74 Å². The van der Waals surface area contributed by atoms with E-state index in [-0.39, 0.29) is 12.1 Å². The Morgan fingerprint density at radius 2 is 2.28 bits per heavy atom. The number of amides is 1. The van der Waals surface area contributed by atoms with Gasteiger partial charge in [-0.05, 0) is 33.3 Å². The van der Waals surface area contributed by atoms with E-state index in [0.717, 1.165) is 6.42 Å². The van der Waals surface area contributed by atoms with Gasteiger partial charge >= 0.3 is 6.09 Å². The number of nitrogen functional groups attached to an aromatic ring is 1. The van der Waals surface area contributed by atoms with Crippen molar-refractivity contribution in [2.24, 2.45) is 0 Å². The maximum Gasteiger partial charge on any atom is 0.410 e. The van der Waals surface area contributed by atoms with Gasteiger partial charge in [-0.25, -0.2) is 4.79 Å². The molecule has 0 radical (unpaired) electrons. The Balaban J connectivity index is 1.94. The minimum Gasteiger partial charge on any atom is -0.444 e. The summed E-state index contributed by atoms with van der Waals surface area (Å²) in [5.41, 5.74) is 5.13. The van der Waals surface area contributed by atoms with E-state index >= 15 is 0 Å². The van der Waals surface area contributed by atoms with Crippen LogP contribution in [0.3, 0.4) is 0 Å². The lowest BCUT2D eigenvalue weighted by atomic mass is 10.2. The SMILES string of the molecule is CC(C)(C)OC(=O)N1CC[C@H](n2ccc(N)n2)C1. The van der Waals surface area contributed by atoms with Gasteiger partial charge in [-0.15, -0.1) is 0 Å². The van der Waals surface area contributed by atoms with Gasteiger partial charge < -0.3 is 15.4 Å². The summed E-state index contributed by atoms with van der Waals surface area (Å²) in [6.07, 6.45) is 2.46. The summed E-state index contributed by atoms with van der Waals surface area (Å²) in [6, 6.07) is 1.95. The van der Waals surface area contributed by atoms with Gasteiger partial charge in [0.05, 0.1) is 6.04 Å². The Morgan fingerprint density at radius 3 is 2.83 bits per heavy atom. The number of aromatic nitrogens is 2. The molecule has 0 spiro atoms. The first kappa shape index (κ1) is 12.7. The van der Waals surface area contributed by atoms with E-state index in [0.29, 0.717) is 18.9 Å². The maximum atomic E-state index is 11.9. The number of carbonyl (C=O) groups is 1. The predicted octanol–water partition coefficient (Wildman–Crippen LogP) is 1.65. The third-order valence-electron chi connectivity index (χ3n) is 2.82. The van der Waals surface area contributed by atoms with Gasteiger partial charge in [-0.3, -0.25) is 4.68 Å². The van der Waals surface area contributed by atoms with Crippen molar-refractivity contribution in [1.29, 1.82) is 0 Å². The molecule has 1 aromatic heterocycles. The van der Waals surface area contributed by atoms with Gasteiger partial charge in [0.25, 0.3) is 0 Å². The van der Waals surface area contributed by atoms with E-state index < -0.39 is 5.60 Å². The van der Waals surface area contributed by atoms with Crippen molar-refractivity contribution in [3.05, 3.63) is 12.3 Å². The van der Waals surface area contributed by atoms with E-state index in [2.05, 4.69) is 5.10 Å². The molecule has 18 heavy (non-hydrogen) atoms. The first-order valence-corrected chi connectivity index (χ1v) is 6.14. The zero-order valence-corrected chi connectivity index (χ0v) is 11.1. The fourth-order valence-corrected chi connectivity index (χ4v) is 2.01. The van der Waals surface area contributed by atoms with Crippen LogP contribution in [0.15, 0.2) is 12.3 Å². The second-order valence-electron chi connectivity index (χ2n) is 5.59. The first-order chi connectivity index (χ1) is 8.35. The second kappa shape index (κ2) is 4.51. The van der Waals surface area contributed by atoms with E-state index in [1.807, 2.05) is 31.6 Å². The fraction of sp³-hybridized carbons (Fsp3) is 0.667. The molecule has 1 aliphatic heterocycles. The van der Waals surface area contributed by atoms with Crippen molar-refractivity contribution < 1.29 is 9.53 Å². The topological polar surface area (TPSA) is 73.4 Å². The van der Waals surface area contributed by atoms with Gasteiger partial charge in [0.2, 0.25) is 0 Å². The highest BCUT2D eigenvalue weighted by Crippen LogP contribution is 2.23. The van der Waals surface area contributed by atoms with Crippen LogP contribution in [0.25, 0.3) is 0 Å². The molecular formula is C12H20N4O2. The number of nitrogens with zero attached hydrogens (tertiary/aromatic N) is 3. The monoisotopic (exact) mass is 252 g/mol. The van der Waals surface area contributed by atoms with E-state index in [1.54, 1.807) is 11.0 Å². The highest BCUT2D eigenvalue weighted by atomic mass is 16.6. The number of likely N-dealkylation sites (tertiary alicyclic amines) is 1. The molecule has 6 nitrogen and oxygen atoms in total. The molecular weight excluding hydrogens is 232 g/mol. The molecule has 1 fully saturated rings. The molecule has 1 atom stereocenters. The van der Waals surface area contributed by atoms with Crippen LogP contribution >= 0.6 is 0 Å². The Labute approximate surface area is 107 Å². The summed E-state index contributed by atoms with van der Waals surface area (Å²) in [6.45, 7) is 6.92. The van der Waals surface area contributed by atoms with Crippen LogP contribution in [0, 0.1) is 0 Å². The number of carbonyl (C=O) groups excluding carboxylic acids is 1. The van der Waals surface area contributed by atoms with Crippen molar-refractivity contribution >= 4 is 11.9 Å². The lowest BCUT2D eigenvalue weighted by Gasteiger charge is -2.24. The standard InChI is InChI=1S/C12H20N4O2/c1-12(2,3)18-11(17)15-6-4-9(8-15)16-7-5-10(13)14-16/h5,7,9H,4,6,8H2,1-3H3,(H2,13,14)/t9-/m0/s1. The Morgan fingerprint density at radius 1 is 1.56 bits per heavy atom. The highest BCUT2D eigenvalue weighted by Gasteiger charge is 2.30. The molecule has 0 bridgehead atoms. The zero-order chi connectivity index (χ0) is 13.3. The molecule has 1 aromatic rings. The molecule has 0 saturated carbocycles. The van der Waals surface area contributed by atoms with E-state index in [1.165, 1.54) is 0 Å². The summed E-state index contributed by atoms with van der Waals surface area (Å²) < 4.78 is 7.16. The Hall–Kier alpha value is -1.72. The Kier molecular flexibility index (Phi) is 3.19. The number of nitrogens with two attached hydrogens (primary N) is 1. The number of hydrogen-bond acceptors (Lipinski definition) is 4. The molecule has 1 amide bonds. The minimum atomic E-state index is -0.453. The average molecular weight is 252 g/mol. The van der Waals surface area contributed by atoms with Crippen molar-refractivity contribution in [2.45, 2.75) is 38.8 Å². The van der Waals surface area contributed by atoms with Gasteiger partial charge in [0.1, 0.15) is 11.4 Å². The van der Waals surface area contributed by atoms with Gasteiger partial charge in [0, 0.05) is 19.3 Å². The predicted molar refractivity (Wildman–Crippen MR) is 68.1 cm³/mol. The summed E-state index contributed by atoms with van der Waals surface area (Å²) in [5, 5.41) is 4.18. The van der Waals surface area contributed by atoms with Crippen molar-refractivity contribution in [3.63, 3.8) is 0 Å². The van der Waals surface area contributed by atoms with Crippen LogP contribution in [0.4, 0.5) is 10.6 Å². The number of ether oxygens (including phenoxy) is 1. The zero-order valence-electron chi connectivity index (χ0n) is 11.1. The van der Waals surface area contributed by atoms with Crippen molar-refractivity contribution in [2.75, 3.05) is 18.8 Å². The first-order valence-electron chi connectivity index (χ1n) is 6.14. The molecule has 6 heteroatoms. The van der Waals surface area contributed by atoms with Crippen LogP contribution in [0.2, 0.25) is 0 Å². The van der Waals surface area contributed by atoms with Gasteiger partial charge in [-0.1, -0.05) is 0 Å². The molecule has 0 aromatic carbocycles. The van der Waals surface area contributed by atoms with Crippen molar-refractivity contribution in [1.82, 2.24) is 14.7 Å². The lowest BCUT2D eigenvalue weighted by molar-refractivity contribution is 0.0288. The summed E-state index contributed by atoms with van der Waals surface area (Å²) in [5.74, 6) is 0.505. The third kappa shape index (κ3) is 2.94. The molecule has 1 aliphatic rings. The smallest absolute Gasteiger partial charge is 0.410 e. The largest absolute Gasteiger partial charge is 0.444 e. The minimum absolute atomic E-state index is 0.190. The fourth-order valence-electron chi connectivity index (χ4n) is 2.01. The van der Waals surface area contributed by atoms with Gasteiger partial charge in [-0.2, -0.15) is 5.10 Å². The number of anilines is 1. The summed E-state index contributed by atoms with van der Waals surface area (Å²) >= 11 is 0. The molecule has 2 rings (SSSR count). The molecule has 0 unspecified atom stereocenters. The number of rotatable bonds is 1. The van der Waals surface area contributed by atoms with E-state index in [9.17, 15) is 4.79 Å². The van der Waals surface area contributed by atoms with Crippen LogP contribution in [-0.4, -0.2) is 39.5 Å². The van der Waals surface area contributed by atoms with E-state index in [4.69, 9.17) is 10.5 Å². The molecule has 2 N–H and O–H groups in total. The number of hydrogen-bond donors (Lipinski definition) is 1. The summed E-state index contributed by atoms with van der Waals surface area (Å²) in [7, 11) is 0. The maximum absolute atomic E-state index is 11.9. The van der Waals surface area contributed by atoms with Crippen LogP contribution in [0.1, 0.15) is 33.2 Å².